The number of rotatable bonds is 7. The van der Waals surface area contributed by atoms with Crippen molar-refractivity contribution in [2.75, 3.05) is 20.3 Å². The molecule has 0 aliphatic rings. The van der Waals surface area contributed by atoms with Gasteiger partial charge in [0.2, 0.25) is 0 Å². The molecule has 0 aliphatic carbocycles. The molecule has 17 heavy (non-hydrogen) atoms. The molecule has 1 aromatic carbocycles. The summed E-state index contributed by atoms with van der Waals surface area (Å²) in [6.45, 7) is 3.49. The number of hydrogen-bond acceptors (Lipinski definition) is 2. The molecule has 0 saturated heterocycles. The first kappa shape index (κ1) is 14.6. The van der Waals surface area contributed by atoms with E-state index in [-0.39, 0.29) is 5.82 Å². The highest BCUT2D eigenvalue weighted by Crippen LogP contribution is 2.20. The van der Waals surface area contributed by atoms with Gasteiger partial charge in [-0.25, -0.2) is 4.39 Å². The Morgan fingerprint density at radius 1 is 1.47 bits per heavy atom. The normalized spacial score (nSPS) is 12.7. The van der Waals surface area contributed by atoms with E-state index < -0.39 is 0 Å². The summed E-state index contributed by atoms with van der Waals surface area (Å²) in [5.74, 6) is -0.212. The first-order valence-corrected chi connectivity index (χ1v) is 6.65. The molecule has 0 bridgehead atoms. The molecule has 0 aliphatic heterocycles. The SMILES string of the molecule is CCOCCC(Cc1ccc(F)cc1Br)NC. The summed E-state index contributed by atoms with van der Waals surface area (Å²) in [6.07, 6.45) is 1.82. The van der Waals surface area contributed by atoms with Crippen molar-refractivity contribution < 1.29 is 9.13 Å². The molecule has 0 fully saturated rings. The molecule has 96 valence electrons. The zero-order valence-corrected chi connectivity index (χ0v) is 11.9. The quantitative estimate of drug-likeness (QED) is 0.781. The lowest BCUT2D eigenvalue weighted by Crippen LogP contribution is -2.29. The van der Waals surface area contributed by atoms with E-state index in [9.17, 15) is 4.39 Å². The number of benzene rings is 1. The molecule has 1 rings (SSSR count). The second-order valence-corrected chi connectivity index (χ2v) is 4.77. The van der Waals surface area contributed by atoms with Crippen LogP contribution in [0.25, 0.3) is 0 Å². The van der Waals surface area contributed by atoms with E-state index in [0.717, 1.165) is 36.1 Å². The van der Waals surface area contributed by atoms with Gasteiger partial charge in [-0.05, 0) is 44.5 Å². The highest BCUT2D eigenvalue weighted by molar-refractivity contribution is 9.10. The summed E-state index contributed by atoms with van der Waals surface area (Å²) >= 11 is 3.39. The minimum atomic E-state index is -0.212. The Morgan fingerprint density at radius 3 is 2.82 bits per heavy atom. The van der Waals surface area contributed by atoms with E-state index in [1.54, 1.807) is 0 Å². The topological polar surface area (TPSA) is 21.3 Å². The Bertz CT molecular complexity index is 346. The fraction of sp³-hybridized carbons (Fsp3) is 0.538. The number of ether oxygens (including phenoxy) is 1. The highest BCUT2D eigenvalue weighted by Gasteiger charge is 2.10. The third-order valence-electron chi connectivity index (χ3n) is 2.70. The highest BCUT2D eigenvalue weighted by atomic mass is 79.9. The third-order valence-corrected chi connectivity index (χ3v) is 3.44. The van der Waals surface area contributed by atoms with Gasteiger partial charge in [0, 0.05) is 23.7 Å². The average Bonchev–Trinajstić information content (AvgIpc) is 2.31. The van der Waals surface area contributed by atoms with Gasteiger partial charge in [-0.15, -0.1) is 0 Å². The molecule has 0 heterocycles. The maximum Gasteiger partial charge on any atom is 0.124 e. The van der Waals surface area contributed by atoms with Crippen LogP contribution < -0.4 is 5.32 Å². The van der Waals surface area contributed by atoms with Crippen molar-refractivity contribution in [3.63, 3.8) is 0 Å². The van der Waals surface area contributed by atoms with Crippen molar-refractivity contribution in [3.8, 4) is 0 Å². The van der Waals surface area contributed by atoms with Crippen LogP contribution in [0.1, 0.15) is 18.9 Å². The van der Waals surface area contributed by atoms with Gasteiger partial charge in [0.1, 0.15) is 5.82 Å². The Labute approximate surface area is 111 Å². The zero-order valence-electron chi connectivity index (χ0n) is 10.3. The molecule has 1 aromatic rings. The monoisotopic (exact) mass is 303 g/mol. The Hall–Kier alpha value is -0.450. The molecule has 4 heteroatoms. The van der Waals surface area contributed by atoms with E-state index in [4.69, 9.17) is 4.74 Å². The van der Waals surface area contributed by atoms with Gasteiger partial charge in [0.25, 0.3) is 0 Å². The summed E-state index contributed by atoms with van der Waals surface area (Å²) in [7, 11) is 1.94. The summed E-state index contributed by atoms with van der Waals surface area (Å²) in [5.41, 5.74) is 1.11. The number of nitrogens with one attached hydrogen (secondary N) is 1. The van der Waals surface area contributed by atoms with Gasteiger partial charge in [-0.2, -0.15) is 0 Å². The van der Waals surface area contributed by atoms with Crippen molar-refractivity contribution >= 4 is 15.9 Å². The summed E-state index contributed by atoms with van der Waals surface area (Å²) < 4.78 is 19.1. The van der Waals surface area contributed by atoms with E-state index >= 15 is 0 Å². The smallest absolute Gasteiger partial charge is 0.124 e. The molecule has 1 unspecified atom stereocenters. The predicted octanol–water partition coefficient (Wildman–Crippen LogP) is 3.15. The van der Waals surface area contributed by atoms with E-state index in [1.807, 2.05) is 20.0 Å². The summed E-state index contributed by atoms with van der Waals surface area (Å²) in [6, 6.07) is 5.17. The molecule has 1 N–H and O–H groups in total. The Morgan fingerprint density at radius 2 is 2.24 bits per heavy atom. The second-order valence-electron chi connectivity index (χ2n) is 3.91. The van der Waals surface area contributed by atoms with Crippen LogP contribution >= 0.6 is 15.9 Å². The second kappa shape index (κ2) is 7.80. The molecule has 2 nitrogen and oxygen atoms in total. The minimum absolute atomic E-state index is 0.212. The van der Waals surface area contributed by atoms with Crippen LogP contribution in [-0.4, -0.2) is 26.3 Å². The zero-order chi connectivity index (χ0) is 12.7. The van der Waals surface area contributed by atoms with E-state index in [2.05, 4.69) is 21.2 Å². The van der Waals surface area contributed by atoms with Crippen LogP contribution in [0.15, 0.2) is 22.7 Å². The molecule has 0 spiro atoms. The minimum Gasteiger partial charge on any atom is -0.382 e. The third kappa shape index (κ3) is 5.15. The molecule has 0 saturated carbocycles. The van der Waals surface area contributed by atoms with Gasteiger partial charge in [-0.1, -0.05) is 22.0 Å². The maximum atomic E-state index is 12.9. The number of hydrogen-bond donors (Lipinski definition) is 1. The molecule has 0 aromatic heterocycles. The van der Waals surface area contributed by atoms with Crippen molar-refractivity contribution in [2.45, 2.75) is 25.8 Å². The fourth-order valence-corrected chi connectivity index (χ4v) is 2.18. The Balaban J connectivity index is 2.54. The van der Waals surface area contributed by atoms with Crippen molar-refractivity contribution in [1.82, 2.24) is 5.32 Å². The standard InChI is InChI=1S/C13H19BrFNO/c1-3-17-7-6-12(16-2)8-10-4-5-11(15)9-13(10)14/h4-5,9,12,16H,3,6-8H2,1-2H3. The largest absolute Gasteiger partial charge is 0.382 e. The lowest BCUT2D eigenvalue weighted by atomic mass is 10.0. The van der Waals surface area contributed by atoms with Crippen LogP contribution in [0.4, 0.5) is 4.39 Å². The van der Waals surface area contributed by atoms with E-state index in [1.165, 1.54) is 12.1 Å². The number of likely N-dealkylation sites (N-methyl/N-ethyl adjacent to an activating group) is 1. The summed E-state index contributed by atoms with van der Waals surface area (Å²) in [4.78, 5) is 0. The molecule has 0 amide bonds. The van der Waals surface area contributed by atoms with Crippen LogP contribution in [0, 0.1) is 5.82 Å². The predicted molar refractivity (Wildman–Crippen MR) is 71.8 cm³/mol. The Kier molecular flexibility index (Phi) is 6.70. The molecule has 0 radical (unpaired) electrons. The first-order valence-electron chi connectivity index (χ1n) is 5.86. The van der Waals surface area contributed by atoms with Crippen molar-refractivity contribution in [3.05, 3.63) is 34.1 Å². The maximum absolute atomic E-state index is 12.9. The number of halogens is 2. The van der Waals surface area contributed by atoms with Gasteiger partial charge in [0.15, 0.2) is 0 Å². The molecule has 1 atom stereocenters. The van der Waals surface area contributed by atoms with Gasteiger partial charge in [0.05, 0.1) is 0 Å². The lowest BCUT2D eigenvalue weighted by Gasteiger charge is -2.17. The molecular weight excluding hydrogens is 285 g/mol. The van der Waals surface area contributed by atoms with E-state index in [0.29, 0.717) is 6.04 Å². The summed E-state index contributed by atoms with van der Waals surface area (Å²) in [5, 5.41) is 3.26. The van der Waals surface area contributed by atoms with Crippen molar-refractivity contribution in [1.29, 1.82) is 0 Å². The average molecular weight is 304 g/mol. The first-order chi connectivity index (χ1) is 8.17. The van der Waals surface area contributed by atoms with Crippen molar-refractivity contribution in [2.24, 2.45) is 0 Å². The van der Waals surface area contributed by atoms with Gasteiger partial charge < -0.3 is 10.1 Å². The van der Waals surface area contributed by atoms with Crippen LogP contribution in [0.5, 0.6) is 0 Å². The van der Waals surface area contributed by atoms with Crippen LogP contribution in [0.3, 0.4) is 0 Å². The van der Waals surface area contributed by atoms with Crippen LogP contribution in [0.2, 0.25) is 0 Å². The van der Waals surface area contributed by atoms with Crippen LogP contribution in [-0.2, 0) is 11.2 Å². The van der Waals surface area contributed by atoms with Gasteiger partial charge in [-0.3, -0.25) is 0 Å². The molecular formula is C13H19BrFNO. The fourth-order valence-electron chi connectivity index (χ4n) is 1.67. The lowest BCUT2D eigenvalue weighted by molar-refractivity contribution is 0.137. The van der Waals surface area contributed by atoms with Gasteiger partial charge >= 0.3 is 0 Å².